The number of amides is 1. The van der Waals surface area contributed by atoms with Gasteiger partial charge in [-0.25, -0.2) is 4.98 Å². The first kappa shape index (κ1) is 12.4. The third-order valence-electron chi connectivity index (χ3n) is 3.59. The van der Waals surface area contributed by atoms with Crippen LogP contribution < -0.4 is 4.90 Å². The van der Waals surface area contributed by atoms with E-state index in [1.165, 1.54) is 5.56 Å². The summed E-state index contributed by atoms with van der Waals surface area (Å²) in [5, 5.41) is 0. The van der Waals surface area contributed by atoms with Gasteiger partial charge < -0.3 is 9.47 Å². The molecule has 0 saturated heterocycles. The largest absolute Gasteiger partial charge is 0.333 e. The lowest BCUT2D eigenvalue weighted by Gasteiger charge is -2.26. The van der Waals surface area contributed by atoms with Crippen LogP contribution in [0.1, 0.15) is 12.0 Å². The molecule has 0 aliphatic carbocycles. The molecular formula is C14H14BrN3O. The Morgan fingerprint density at radius 2 is 2.05 bits per heavy atom. The number of anilines is 1. The number of carbonyl (C=O) groups is 1. The van der Waals surface area contributed by atoms with Gasteiger partial charge in [0.15, 0.2) is 0 Å². The molecule has 4 nitrogen and oxygen atoms in total. The van der Waals surface area contributed by atoms with E-state index in [2.05, 4.69) is 27.0 Å². The van der Waals surface area contributed by atoms with E-state index in [4.69, 9.17) is 0 Å². The van der Waals surface area contributed by atoms with Gasteiger partial charge in [0.05, 0.1) is 12.0 Å². The molecule has 1 aliphatic rings. The zero-order valence-corrected chi connectivity index (χ0v) is 12.4. The third kappa shape index (κ3) is 1.98. The van der Waals surface area contributed by atoms with Gasteiger partial charge in [-0.3, -0.25) is 4.79 Å². The summed E-state index contributed by atoms with van der Waals surface area (Å²) < 4.78 is 2.83. The van der Waals surface area contributed by atoms with E-state index >= 15 is 0 Å². The number of nitrogens with zero attached hydrogens (tertiary/aromatic N) is 3. The van der Waals surface area contributed by atoms with Crippen LogP contribution in [0.4, 0.5) is 5.69 Å². The van der Waals surface area contributed by atoms with E-state index in [0.29, 0.717) is 6.42 Å². The number of halogens is 1. The predicted molar refractivity (Wildman–Crippen MR) is 78.1 cm³/mol. The summed E-state index contributed by atoms with van der Waals surface area (Å²) in [6.07, 6.45) is 3.18. The Hall–Kier alpha value is -1.62. The van der Waals surface area contributed by atoms with Crippen molar-refractivity contribution in [1.29, 1.82) is 0 Å². The van der Waals surface area contributed by atoms with Crippen molar-refractivity contribution in [2.24, 2.45) is 7.05 Å². The molecule has 0 saturated carbocycles. The molecule has 0 atom stereocenters. The number of carbonyl (C=O) groups excluding carboxylic acids is 1. The van der Waals surface area contributed by atoms with Crippen LogP contribution in [0.25, 0.3) is 11.3 Å². The average molecular weight is 320 g/mol. The van der Waals surface area contributed by atoms with Crippen molar-refractivity contribution in [3.63, 3.8) is 0 Å². The quantitative estimate of drug-likeness (QED) is 0.810. The first-order valence-corrected chi connectivity index (χ1v) is 6.94. The summed E-state index contributed by atoms with van der Waals surface area (Å²) in [7, 11) is 3.81. The SMILES string of the molecule is CN1C(=O)CCc2cc(-c3c(Br)ncn3C)ccc21. The zero-order chi connectivity index (χ0) is 13.6. The van der Waals surface area contributed by atoms with Crippen LogP contribution in [0.15, 0.2) is 29.1 Å². The fourth-order valence-electron chi connectivity index (χ4n) is 2.53. The molecule has 19 heavy (non-hydrogen) atoms. The number of benzene rings is 1. The van der Waals surface area contributed by atoms with Crippen molar-refractivity contribution in [3.05, 3.63) is 34.7 Å². The van der Waals surface area contributed by atoms with Gasteiger partial charge in [-0.15, -0.1) is 0 Å². The normalized spacial score (nSPS) is 14.7. The first-order valence-electron chi connectivity index (χ1n) is 6.14. The van der Waals surface area contributed by atoms with Gasteiger partial charge in [-0.05, 0) is 40.0 Å². The van der Waals surface area contributed by atoms with Crippen LogP contribution >= 0.6 is 15.9 Å². The molecule has 0 N–H and O–H groups in total. The fraction of sp³-hybridized carbons (Fsp3) is 0.286. The Morgan fingerprint density at radius 3 is 2.74 bits per heavy atom. The second-order valence-corrected chi connectivity index (χ2v) is 5.54. The van der Waals surface area contributed by atoms with Crippen LogP contribution in [0, 0.1) is 0 Å². The topological polar surface area (TPSA) is 38.1 Å². The molecule has 1 aliphatic heterocycles. The highest BCUT2D eigenvalue weighted by Gasteiger charge is 2.21. The summed E-state index contributed by atoms with van der Waals surface area (Å²) >= 11 is 3.47. The highest BCUT2D eigenvalue weighted by Crippen LogP contribution is 2.33. The summed E-state index contributed by atoms with van der Waals surface area (Å²) in [5.41, 5.74) is 4.40. The third-order valence-corrected chi connectivity index (χ3v) is 4.17. The van der Waals surface area contributed by atoms with E-state index < -0.39 is 0 Å². The van der Waals surface area contributed by atoms with Crippen molar-refractivity contribution in [2.75, 3.05) is 11.9 Å². The summed E-state index contributed by atoms with van der Waals surface area (Å²) in [4.78, 5) is 17.7. The molecule has 1 aromatic heterocycles. The van der Waals surface area contributed by atoms with E-state index in [-0.39, 0.29) is 5.91 Å². The highest BCUT2D eigenvalue weighted by molar-refractivity contribution is 9.10. The number of hydrogen-bond acceptors (Lipinski definition) is 2. The van der Waals surface area contributed by atoms with Crippen molar-refractivity contribution in [1.82, 2.24) is 9.55 Å². The Bertz CT molecular complexity index is 643. The molecule has 2 heterocycles. The predicted octanol–water partition coefficient (Wildman–Crippen LogP) is 2.76. The monoisotopic (exact) mass is 319 g/mol. The molecule has 1 aromatic carbocycles. The molecule has 1 amide bonds. The Kier molecular flexibility index (Phi) is 2.93. The smallest absolute Gasteiger partial charge is 0.227 e. The number of hydrogen-bond donors (Lipinski definition) is 0. The van der Waals surface area contributed by atoms with Crippen molar-refractivity contribution in [2.45, 2.75) is 12.8 Å². The molecule has 0 radical (unpaired) electrons. The standard InChI is InChI=1S/C14H14BrN3O/c1-17-8-16-14(15)13(17)10-3-5-11-9(7-10)4-6-12(19)18(11)2/h3,5,7-8H,4,6H2,1-2H3. The zero-order valence-electron chi connectivity index (χ0n) is 10.9. The highest BCUT2D eigenvalue weighted by atomic mass is 79.9. The first-order chi connectivity index (χ1) is 9.08. The maximum atomic E-state index is 11.7. The minimum Gasteiger partial charge on any atom is -0.333 e. The molecule has 98 valence electrons. The van der Waals surface area contributed by atoms with Gasteiger partial charge in [-0.2, -0.15) is 0 Å². The van der Waals surface area contributed by atoms with E-state index in [9.17, 15) is 4.79 Å². The molecular weight excluding hydrogens is 306 g/mol. The van der Waals surface area contributed by atoms with E-state index in [1.807, 2.05) is 30.8 Å². The Morgan fingerprint density at radius 1 is 1.26 bits per heavy atom. The van der Waals surface area contributed by atoms with Crippen molar-refractivity contribution < 1.29 is 4.79 Å². The van der Waals surface area contributed by atoms with Crippen LogP contribution in [-0.2, 0) is 18.3 Å². The van der Waals surface area contributed by atoms with Crippen molar-refractivity contribution >= 4 is 27.5 Å². The molecule has 0 fully saturated rings. The lowest BCUT2D eigenvalue weighted by atomic mass is 9.98. The van der Waals surface area contributed by atoms with Crippen LogP contribution in [0.3, 0.4) is 0 Å². The maximum absolute atomic E-state index is 11.7. The number of aromatic nitrogens is 2. The lowest BCUT2D eigenvalue weighted by molar-refractivity contribution is -0.118. The minimum atomic E-state index is 0.182. The van der Waals surface area contributed by atoms with Gasteiger partial charge >= 0.3 is 0 Å². The van der Waals surface area contributed by atoms with Crippen LogP contribution in [0.5, 0.6) is 0 Å². The summed E-state index contributed by atoms with van der Waals surface area (Å²) in [6, 6.07) is 6.21. The molecule has 0 unspecified atom stereocenters. The van der Waals surface area contributed by atoms with E-state index in [1.54, 1.807) is 11.2 Å². The molecule has 0 bridgehead atoms. The van der Waals surface area contributed by atoms with E-state index in [0.717, 1.165) is 28.0 Å². The molecule has 5 heteroatoms. The van der Waals surface area contributed by atoms with Crippen LogP contribution in [0.2, 0.25) is 0 Å². The number of rotatable bonds is 1. The van der Waals surface area contributed by atoms with Crippen LogP contribution in [-0.4, -0.2) is 22.5 Å². The van der Waals surface area contributed by atoms with Gasteiger partial charge in [0, 0.05) is 31.8 Å². The second kappa shape index (κ2) is 4.49. The Balaban J connectivity index is 2.10. The summed E-state index contributed by atoms with van der Waals surface area (Å²) in [5.74, 6) is 0.182. The number of imidazole rings is 1. The Labute approximate surface area is 120 Å². The lowest BCUT2D eigenvalue weighted by Crippen LogP contribution is -2.31. The van der Waals surface area contributed by atoms with Crippen molar-refractivity contribution in [3.8, 4) is 11.3 Å². The van der Waals surface area contributed by atoms with Gasteiger partial charge in [0.2, 0.25) is 5.91 Å². The average Bonchev–Trinajstić information content (AvgIpc) is 2.73. The maximum Gasteiger partial charge on any atom is 0.227 e. The molecule has 0 spiro atoms. The molecule has 2 aromatic rings. The second-order valence-electron chi connectivity index (χ2n) is 4.79. The fourth-order valence-corrected chi connectivity index (χ4v) is 3.13. The number of fused-ring (bicyclic) bond motifs is 1. The molecule has 3 rings (SSSR count). The van der Waals surface area contributed by atoms with Gasteiger partial charge in [0.25, 0.3) is 0 Å². The van der Waals surface area contributed by atoms with Gasteiger partial charge in [0.1, 0.15) is 4.60 Å². The van der Waals surface area contributed by atoms with Gasteiger partial charge in [-0.1, -0.05) is 6.07 Å². The number of aryl methyl sites for hydroxylation is 2. The minimum absolute atomic E-state index is 0.182. The summed E-state index contributed by atoms with van der Waals surface area (Å²) in [6.45, 7) is 0.